The van der Waals surface area contributed by atoms with Crippen LogP contribution in [0.2, 0.25) is 0 Å². The summed E-state index contributed by atoms with van der Waals surface area (Å²) in [5.41, 5.74) is 3.72. The van der Waals surface area contributed by atoms with E-state index in [9.17, 15) is 13.2 Å². The Bertz CT molecular complexity index is 969. The lowest BCUT2D eigenvalue weighted by Crippen LogP contribution is -2.34. The molecular weight excluding hydrogens is 374 g/mol. The maximum atomic E-state index is 13.1. The van der Waals surface area contributed by atoms with Crippen LogP contribution in [0.15, 0.2) is 47.4 Å². The van der Waals surface area contributed by atoms with E-state index < -0.39 is 10.0 Å². The number of aryl methyl sites for hydroxylation is 1. The number of carbonyl (C=O) groups is 1. The number of hydrogen-bond acceptors (Lipinski definition) is 4. The molecule has 2 aromatic rings. The highest BCUT2D eigenvalue weighted by atomic mass is 32.2. The van der Waals surface area contributed by atoms with Crippen LogP contribution >= 0.6 is 0 Å². The molecule has 0 atom stereocenters. The van der Waals surface area contributed by atoms with E-state index in [1.807, 2.05) is 43.3 Å². The topological polar surface area (TPSA) is 60.9 Å². The van der Waals surface area contributed by atoms with Gasteiger partial charge >= 0.3 is 0 Å². The Morgan fingerprint density at radius 1 is 1.07 bits per heavy atom. The number of amides is 1. The van der Waals surface area contributed by atoms with Gasteiger partial charge in [-0.05, 0) is 54.3 Å². The number of hydrogen-bond donors (Lipinski definition) is 0. The van der Waals surface area contributed by atoms with Gasteiger partial charge < -0.3 is 9.80 Å². The van der Waals surface area contributed by atoms with Gasteiger partial charge in [0.25, 0.3) is 0 Å². The lowest BCUT2D eigenvalue weighted by Gasteiger charge is -2.29. The van der Waals surface area contributed by atoms with Crippen LogP contribution in [-0.4, -0.2) is 46.3 Å². The summed E-state index contributed by atoms with van der Waals surface area (Å²) in [4.78, 5) is 15.8. The van der Waals surface area contributed by atoms with Crippen LogP contribution in [0, 0.1) is 0 Å². The molecule has 0 saturated carbocycles. The summed E-state index contributed by atoms with van der Waals surface area (Å²) < 4.78 is 27.5. The number of sulfonamides is 1. The molecule has 0 aliphatic carbocycles. The molecule has 1 amide bonds. The molecule has 0 bridgehead atoms. The molecule has 1 heterocycles. The highest BCUT2D eigenvalue weighted by molar-refractivity contribution is 7.89. The molecule has 0 saturated heterocycles. The van der Waals surface area contributed by atoms with Crippen LogP contribution in [0.25, 0.3) is 0 Å². The molecule has 0 N–H and O–H groups in total. The minimum absolute atomic E-state index is 0.0187. The Morgan fingerprint density at radius 2 is 1.75 bits per heavy atom. The van der Waals surface area contributed by atoms with Crippen LogP contribution in [0.1, 0.15) is 24.5 Å². The molecule has 0 spiro atoms. The normalized spacial score (nSPS) is 14.1. The zero-order valence-electron chi connectivity index (χ0n) is 16.8. The van der Waals surface area contributed by atoms with Gasteiger partial charge in [0.1, 0.15) is 0 Å². The van der Waals surface area contributed by atoms with Crippen LogP contribution < -0.4 is 9.80 Å². The van der Waals surface area contributed by atoms with Gasteiger partial charge in [-0.1, -0.05) is 12.1 Å². The lowest BCUT2D eigenvalue weighted by atomic mass is 10.0. The molecule has 150 valence electrons. The highest BCUT2D eigenvalue weighted by Crippen LogP contribution is 2.30. The SMILES string of the molecule is CC(=O)N1CCCc2cc(S(=O)(=O)N(C)Cc3ccc(N(C)C)cc3)ccc21. The summed E-state index contributed by atoms with van der Waals surface area (Å²) in [6.07, 6.45) is 1.61. The zero-order chi connectivity index (χ0) is 20.5. The quantitative estimate of drug-likeness (QED) is 0.773. The minimum Gasteiger partial charge on any atom is -0.378 e. The Balaban J connectivity index is 1.83. The van der Waals surface area contributed by atoms with E-state index in [-0.39, 0.29) is 10.8 Å². The summed E-state index contributed by atoms with van der Waals surface area (Å²) in [7, 11) is 1.91. The molecule has 1 aliphatic heterocycles. The van der Waals surface area contributed by atoms with Crippen molar-refractivity contribution in [2.75, 3.05) is 37.5 Å². The first-order valence-electron chi connectivity index (χ1n) is 9.34. The van der Waals surface area contributed by atoms with Gasteiger partial charge in [-0.2, -0.15) is 4.31 Å². The third-order valence-corrected chi connectivity index (χ3v) is 6.92. The van der Waals surface area contributed by atoms with E-state index in [1.54, 1.807) is 30.1 Å². The lowest BCUT2D eigenvalue weighted by molar-refractivity contribution is -0.116. The smallest absolute Gasteiger partial charge is 0.243 e. The molecule has 0 aromatic heterocycles. The predicted molar refractivity (Wildman–Crippen MR) is 112 cm³/mol. The van der Waals surface area contributed by atoms with Crippen molar-refractivity contribution in [3.63, 3.8) is 0 Å². The third kappa shape index (κ3) is 4.05. The summed E-state index contributed by atoms with van der Waals surface area (Å²) in [5, 5.41) is 0. The molecule has 7 heteroatoms. The van der Waals surface area contributed by atoms with Crippen LogP contribution in [0.4, 0.5) is 11.4 Å². The zero-order valence-corrected chi connectivity index (χ0v) is 17.7. The maximum absolute atomic E-state index is 13.1. The first-order chi connectivity index (χ1) is 13.2. The fourth-order valence-corrected chi connectivity index (χ4v) is 4.69. The van der Waals surface area contributed by atoms with Crippen molar-refractivity contribution >= 4 is 27.3 Å². The van der Waals surface area contributed by atoms with Crippen molar-refractivity contribution in [1.29, 1.82) is 0 Å². The monoisotopic (exact) mass is 401 g/mol. The average molecular weight is 402 g/mol. The number of fused-ring (bicyclic) bond motifs is 1. The van der Waals surface area contributed by atoms with Gasteiger partial charge in [0, 0.05) is 52.5 Å². The molecule has 3 rings (SSSR count). The maximum Gasteiger partial charge on any atom is 0.243 e. The summed E-state index contributed by atoms with van der Waals surface area (Å²) >= 11 is 0. The molecule has 0 fully saturated rings. The highest BCUT2D eigenvalue weighted by Gasteiger charge is 2.25. The van der Waals surface area contributed by atoms with Crippen molar-refractivity contribution in [2.45, 2.75) is 31.2 Å². The van der Waals surface area contributed by atoms with Crippen molar-refractivity contribution in [3.8, 4) is 0 Å². The van der Waals surface area contributed by atoms with Gasteiger partial charge in [-0.25, -0.2) is 8.42 Å². The van der Waals surface area contributed by atoms with Crippen LogP contribution in [0.3, 0.4) is 0 Å². The number of anilines is 2. The molecule has 2 aromatic carbocycles. The second-order valence-electron chi connectivity index (χ2n) is 7.39. The third-order valence-electron chi connectivity index (χ3n) is 5.12. The molecular formula is C21H27N3O3S. The molecule has 0 radical (unpaired) electrons. The fraction of sp³-hybridized carbons (Fsp3) is 0.381. The van der Waals surface area contributed by atoms with E-state index in [0.717, 1.165) is 35.3 Å². The summed E-state index contributed by atoms with van der Waals surface area (Å²) in [5.74, 6) is -0.0187. The Kier molecular flexibility index (Phi) is 5.76. The number of nitrogens with zero attached hydrogens (tertiary/aromatic N) is 3. The molecule has 1 aliphatic rings. The van der Waals surface area contributed by atoms with Crippen LogP contribution in [0.5, 0.6) is 0 Å². The Hall–Kier alpha value is -2.38. The minimum atomic E-state index is -3.62. The second-order valence-corrected chi connectivity index (χ2v) is 9.43. The number of carbonyl (C=O) groups excluding carboxylic acids is 1. The van der Waals surface area contributed by atoms with E-state index in [1.165, 1.54) is 11.2 Å². The van der Waals surface area contributed by atoms with Crippen molar-refractivity contribution in [2.24, 2.45) is 0 Å². The molecule has 6 nitrogen and oxygen atoms in total. The average Bonchev–Trinajstić information content (AvgIpc) is 2.67. The van der Waals surface area contributed by atoms with Crippen molar-refractivity contribution in [1.82, 2.24) is 4.31 Å². The number of rotatable bonds is 5. The van der Waals surface area contributed by atoms with Gasteiger partial charge in [0.15, 0.2) is 0 Å². The van der Waals surface area contributed by atoms with Gasteiger partial charge in [-0.3, -0.25) is 4.79 Å². The van der Waals surface area contributed by atoms with E-state index >= 15 is 0 Å². The molecule has 28 heavy (non-hydrogen) atoms. The fourth-order valence-electron chi connectivity index (χ4n) is 3.48. The summed E-state index contributed by atoms with van der Waals surface area (Å²) in [6, 6.07) is 12.9. The van der Waals surface area contributed by atoms with Crippen molar-refractivity contribution in [3.05, 3.63) is 53.6 Å². The molecule has 0 unspecified atom stereocenters. The van der Waals surface area contributed by atoms with E-state index in [4.69, 9.17) is 0 Å². The largest absolute Gasteiger partial charge is 0.378 e. The first kappa shape index (κ1) is 20.4. The van der Waals surface area contributed by atoms with Gasteiger partial charge in [0.2, 0.25) is 15.9 Å². The van der Waals surface area contributed by atoms with E-state index in [0.29, 0.717) is 13.1 Å². The number of benzene rings is 2. The van der Waals surface area contributed by atoms with Crippen LogP contribution in [-0.2, 0) is 27.8 Å². The Morgan fingerprint density at radius 3 is 2.36 bits per heavy atom. The Labute approximate surface area is 167 Å². The van der Waals surface area contributed by atoms with Crippen molar-refractivity contribution < 1.29 is 13.2 Å². The predicted octanol–water partition coefficient (Wildman–Crippen LogP) is 2.87. The standard InChI is InChI=1S/C21H27N3O3S/c1-16(25)24-13-5-6-18-14-20(11-12-21(18)24)28(26,27)23(4)15-17-7-9-19(10-8-17)22(2)3/h7-12,14H,5-6,13,15H2,1-4H3. The van der Waals surface area contributed by atoms with E-state index in [2.05, 4.69) is 0 Å². The van der Waals surface area contributed by atoms with Gasteiger partial charge in [0.05, 0.1) is 4.90 Å². The first-order valence-corrected chi connectivity index (χ1v) is 10.8. The second kappa shape index (κ2) is 7.93. The summed E-state index contributed by atoms with van der Waals surface area (Å²) in [6.45, 7) is 2.51. The van der Waals surface area contributed by atoms with Gasteiger partial charge in [-0.15, -0.1) is 0 Å².